The lowest BCUT2D eigenvalue weighted by molar-refractivity contribution is 0.0980. The van der Waals surface area contributed by atoms with E-state index in [0.717, 1.165) is 5.56 Å². The number of ether oxygens (including phenoxy) is 1. The molecule has 0 spiro atoms. The average Bonchev–Trinajstić information content (AvgIpc) is 2.72. The van der Waals surface area contributed by atoms with Gasteiger partial charge in [0.2, 0.25) is 0 Å². The largest absolute Gasteiger partial charge is 0.488 e. The molecule has 0 aromatic heterocycles. The molecular weight excluding hydrogens is 427 g/mol. The number of rotatable bonds is 7. The third-order valence-electron chi connectivity index (χ3n) is 4.94. The van der Waals surface area contributed by atoms with Gasteiger partial charge in [-0.2, -0.15) is 0 Å². The van der Waals surface area contributed by atoms with Crippen LogP contribution in [0.15, 0.2) is 77.7 Å². The van der Waals surface area contributed by atoms with Gasteiger partial charge in [-0.25, -0.2) is 12.8 Å². The molecule has 0 radical (unpaired) electrons. The van der Waals surface area contributed by atoms with E-state index in [2.05, 4.69) is 0 Å². The van der Waals surface area contributed by atoms with Crippen LogP contribution in [0.25, 0.3) is 0 Å². The number of sulfone groups is 1. The Balaban J connectivity index is 1.99. The van der Waals surface area contributed by atoms with Crippen LogP contribution in [0.3, 0.4) is 0 Å². The minimum absolute atomic E-state index is 0.148. The summed E-state index contributed by atoms with van der Waals surface area (Å²) >= 11 is 0. The smallest absolute Gasteiger partial charge is 0.185 e. The van der Waals surface area contributed by atoms with Crippen molar-refractivity contribution < 1.29 is 22.3 Å². The third kappa shape index (κ3) is 5.82. The van der Waals surface area contributed by atoms with Gasteiger partial charge in [-0.15, -0.1) is 0 Å². The number of benzene rings is 3. The zero-order valence-electron chi connectivity index (χ0n) is 18.6. The summed E-state index contributed by atoms with van der Waals surface area (Å²) in [5, 5.41) is -1.09. The predicted molar refractivity (Wildman–Crippen MR) is 123 cm³/mol. The monoisotopic (exact) mass is 454 g/mol. The lowest BCUT2D eigenvalue weighted by Crippen LogP contribution is -2.23. The number of carbonyl (C=O) groups is 1. The zero-order chi connectivity index (χ0) is 23.5. The number of ketones is 1. The summed E-state index contributed by atoms with van der Waals surface area (Å²) in [7, 11) is -3.87. The van der Waals surface area contributed by atoms with E-state index in [1.54, 1.807) is 48.5 Å². The van der Waals surface area contributed by atoms with Gasteiger partial charge in [-0.1, -0.05) is 29.8 Å². The summed E-state index contributed by atoms with van der Waals surface area (Å²) < 4.78 is 46.2. The number of halogens is 1. The highest BCUT2D eigenvalue weighted by atomic mass is 32.2. The van der Waals surface area contributed by atoms with Gasteiger partial charge < -0.3 is 4.74 Å². The van der Waals surface area contributed by atoms with E-state index in [-0.39, 0.29) is 22.7 Å². The van der Waals surface area contributed by atoms with Crippen LogP contribution in [-0.2, 0) is 9.84 Å². The van der Waals surface area contributed by atoms with Crippen LogP contribution in [0.2, 0.25) is 0 Å². The minimum atomic E-state index is -3.87. The first kappa shape index (κ1) is 23.7. The van der Waals surface area contributed by atoms with Crippen molar-refractivity contribution in [3.05, 3.63) is 95.3 Å². The molecule has 3 aromatic rings. The fraction of sp³-hybridized carbons (Fsp3) is 0.269. The first-order valence-electron chi connectivity index (χ1n) is 10.3. The molecule has 0 aliphatic carbocycles. The average molecular weight is 455 g/mol. The third-order valence-corrected chi connectivity index (χ3v) is 7.05. The van der Waals surface area contributed by atoms with Crippen molar-refractivity contribution in [3.8, 4) is 5.75 Å². The maximum atomic E-state index is 13.5. The van der Waals surface area contributed by atoms with E-state index in [9.17, 15) is 17.6 Å². The molecule has 0 N–H and O–H groups in total. The Morgan fingerprint density at radius 3 is 2.00 bits per heavy atom. The minimum Gasteiger partial charge on any atom is -0.488 e. The lowest BCUT2D eigenvalue weighted by Gasteiger charge is -2.22. The molecule has 0 fully saturated rings. The van der Waals surface area contributed by atoms with Crippen LogP contribution in [0.1, 0.15) is 53.9 Å². The Labute approximate surface area is 189 Å². The SMILES string of the molecule is Cc1ccc(S(=O)(=O)C(CC(=O)c2ccc(F)cc2)c2ccc(OC(C)(C)C)cc2)cc1. The highest BCUT2D eigenvalue weighted by Crippen LogP contribution is 2.34. The second kappa shape index (κ2) is 9.25. The van der Waals surface area contributed by atoms with Gasteiger partial charge in [0.15, 0.2) is 15.6 Å². The first-order chi connectivity index (χ1) is 15.0. The van der Waals surface area contributed by atoms with Crippen LogP contribution in [0.4, 0.5) is 4.39 Å². The molecule has 1 unspecified atom stereocenters. The van der Waals surface area contributed by atoms with Crippen molar-refractivity contribution in [2.45, 2.75) is 49.9 Å². The van der Waals surface area contributed by atoms with E-state index < -0.39 is 26.5 Å². The molecule has 168 valence electrons. The number of hydrogen-bond donors (Lipinski definition) is 0. The molecule has 0 heterocycles. The van der Waals surface area contributed by atoms with Crippen molar-refractivity contribution in [1.29, 1.82) is 0 Å². The molecule has 0 saturated carbocycles. The van der Waals surface area contributed by atoms with Crippen molar-refractivity contribution in [1.82, 2.24) is 0 Å². The molecule has 0 aliphatic rings. The summed E-state index contributed by atoms with van der Waals surface area (Å²) in [4.78, 5) is 13.1. The van der Waals surface area contributed by atoms with Gasteiger partial charge in [-0.3, -0.25) is 4.79 Å². The molecule has 3 rings (SSSR count). The number of aryl methyl sites for hydroxylation is 1. The van der Waals surface area contributed by atoms with Gasteiger partial charge in [0.05, 0.1) is 10.1 Å². The van der Waals surface area contributed by atoms with Crippen LogP contribution < -0.4 is 4.74 Å². The number of carbonyl (C=O) groups excluding carboxylic acids is 1. The highest BCUT2D eigenvalue weighted by molar-refractivity contribution is 7.91. The van der Waals surface area contributed by atoms with Crippen LogP contribution in [-0.4, -0.2) is 19.8 Å². The Kier molecular flexibility index (Phi) is 6.84. The molecule has 3 aromatic carbocycles. The Morgan fingerprint density at radius 1 is 0.906 bits per heavy atom. The maximum Gasteiger partial charge on any atom is 0.185 e. The van der Waals surface area contributed by atoms with Gasteiger partial charge in [0.25, 0.3) is 0 Å². The maximum absolute atomic E-state index is 13.5. The van der Waals surface area contributed by atoms with E-state index in [1.807, 2.05) is 27.7 Å². The lowest BCUT2D eigenvalue weighted by atomic mass is 10.0. The van der Waals surface area contributed by atoms with Crippen molar-refractivity contribution >= 4 is 15.6 Å². The second-order valence-corrected chi connectivity index (χ2v) is 10.9. The standard InChI is InChI=1S/C26H27FO4S/c1-18-5-15-23(16-6-18)32(29,30)25(17-24(28)19-7-11-21(27)12-8-19)20-9-13-22(14-10-20)31-26(2,3)4/h5-16,25H,17H2,1-4H3. The fourth-order valence-corrected chi connectivity index (χ4v) is 5.06. The Hall–Kier alpha value is -2.99. The van der Waals surface area contributed by atoms with Crippen molar-refractivity contribution in [2.75, 3.05) is 0 Å². The van der Waals surface area contributed by atoms with Crippen LogP contribution in [0, 0.1) is 12.7 Å². The van der Waals surface area contributed by atoms with E-state index >= 15 is 0 Å². The number of hydrogen-bond acceptors (Lipinski definition) is 4. The van der Waals surface area contributed by atoms with E-state index in [0.29, 0.717) is 11.3 Å². The quantitative estimate of drug-likeness (QED) is 0.405. The van der Waals surface area contributed by atoms with Gasteiger partial charge >= 0.3 is 0 Å². The molecule has 32 heavy (non-hydrogen) atoms. The molecule has 0 amide bonds. The molecule has 1 atom stereocenters. The summed E-state index contributed by atoms with van der Waals surface area (Å²) in [6, 6.07) is 18.4. The molecule has 4 nitrogen and oxygen atoms in total. The molecule has 0 aliphatic heterocycles. The second-order valence-electron chi connectivity index (χ2n) is 8.76. The fourth-order valence-electron chi connectivity index (χ4n) is 3.33. The summed E-state index contributed by atoms with van der Waals surface area (Å²) in [5.74, 6) is -0.224. The summed E-state index contributed by atoms with van der Waals surface area (Å²) in [6.07, 6.45) is -0.263. The summed E-state index contributed by atoms with van der Waals surface area (Å²) in [6.45, 7) is 7.65. The van der Waals surface area contributed by atoms with Crippen LogP contribution in [0.5, 0.6) is 5.75 Å². The molecular formula is C26H27FO4S. The predicted octanol–water partition coefficient (Wildman–Crippen LogP) is 6.10. The molecule has 6 heteroatoms. The normalized spacial score (nSPS) is 12.9. The van der Waals surface area contributed by atoms with E-state index in [4.69, 9.17) is 4.74 Å². The van der Waals surface area contributed by atoms with Gasteiger partial charge in [-0.05, 0) is 81.8 Å². The van der Waals surface area contributed by atoms with Crippen LogP contribution >= 0.6 is 0 Å². The summed E-state index contributed by atoms with van der Waals surface area (Å²) in [5.41, 5.74) is 1.30. The topological polar surface area (TPSA) is 60.4 Å². The van der Waals surface area contributed by atoms with E-state index in [1.165, 1.54) is 24.3 Å². The Morgan fingerprint density at radius 2 is 1.47 bits per heavy atom. The van der Waals surface area contributed by atoms with Gasteiger partial charge in [0, 0.05) is 12.0 Å². The van der Waals surface area contributed by atoms with Crippen molar-refractivity contribution in [3.63, 3.8) is 0 Å². The van der Waals surface area contributed by atoms with Crippen molar-refractivity contribution in [2.24, 2.45) is 0 Å². The molecule has 0 saturated heterocycles. The molecule has 0 bridgehead atoms. The van der Waals surface area contributed by atoms with Gasteiger partial charge in [0.1, 0.15) is 17.2 Å². The number of Topliss-reactive ketones (excluding diaryl/α,β-unsaturated/α-hetero) is 1. The Bertz CT molecular complexity index is 1170. The first-order valence-corrected chi connectivity index (χ1v) is 11.9. The highest BCUT2D eigenvalue weighted by Gasteiger charge is 2.32. The zero-order valence-corrected chi connectivity index (χ0v) is 19.4.